The van der Waals surface area contributed by atoms with E-state index in [1.54, 1.807) is 18.2 Å². The van der Waals surface area contributed by atoms with Crippen LogP contribution in [0.15, 0.2) is 30.3 Å². The lowest BCUT2D eigenvalue weighted by Crippen LogP contribution is -2.67. The molecule has 40 heavy (non-hydrogen) atoms. The van der Waals surface area contributed by atoms with E-state index in [0.29, 0.717) is 17.0 Å². The predicted octanol–water partition coefficient (Wildman–Crippen LogP) is 7.39. The maximum Gasteiger partial charge on any atom is 0.264 e. The maximum absolute atomic E-state index is 13.8. The number of amides is 3. The standard InChI is InChI=1S/C26H16Cl6N2O6/c1-38-13-6-9(7-14(39-2)23(13)40-3)21-22(26(37)33(21)10-4-5-11(27)12(28)8-10)34-24(35)15-16(25(34)36)18(30)20(32)19(31)17(15)29/h4-8,21-22H,1-3H3/t21-,22+/m0/s1. The van der Waals surface area contributed by atoms with Crippen LogP contribution < -0.4 is 19.1 Å². The van der Waals surface area contributed by atoms with Crippen LogP contribution in [0.3, 0.4) is 0 Å². The number of fused-ring (bicyclic) bond motifs is 1. The number of ether oxygens (including phenoxy) is 3. The number of hydrogen-bond donors (Lipinski definition) is 0. The number of methoxy groups -OCH3 is 3. The van der Waals surface area contributed by atoms with Gasteiger partial charge in [0.25, 0.3) is 17.7 Å². The van der Waals surface area contributed by atoms with Crippen LogP contribution in [0.1, 0.15) is 32.3 Å². The molecule has 0 aromatic heterocycles. The third kappa shape index (κ3) is 4.16. The molecule has 1 saturated heterocycles. The van der Waals surface area contributed by atoms with E-state index in [-0.39, 0.29) is 52.8 Å². The molecule has 0 bridgehead atoms. The van der Waals surface area contributed by atoms with Gasteiger partial charge in [0, 0.05) is 5.69 Å². The van der Waals surface area contributed by atoms with Gasteiger partial charge in [0.15, 0.2) is 11.5 Å². The third-order valence-corrected chi connectivity index (χ3v) is 9.23. The molecule has 208 valence electrons. The van der Waals surface area contributed by atoms with Gasteiger partial charge in [-0.15, -0.1) is 0 Å². The molecule has 5 rings (SSSR count). The molecule has 2 aliphatic rings. The second kappa shape index (κ2) is 10.7. The van der Waals surface area contributed by atoms with E-state index in [1.165, 1.54) is 38.4 Å². The normalized spacial score (nSPS) is 18.2. The highest BCUT2D eigenvalue weighted by Crippen LogP contribution is 2.51. The van der Waals surface area contributed by atoms with Crippen LogP contribution in [0, 0.1) is 0 Å². The van der Waals surface area contributed by atoms with E-state index in [9.17, 15) is 14.4 Å². The summed E-state index contributed by atoms with van der Waals surface area (Å²) in [6.45, 7) is 0. The first-order valence-corrected chi connectivity index (χ1v) is 13.6. The summed E-state index contributed by atoms with van der Waals surface area (Å²) in [5, 5.41) is -0.392. The number of β-lactam (4-membered cyclic amide) rings is 1. The highest BCUT2D eigenvalue weighted by molar-refractivity contribution is 6.55. The molecule has 14 heteroatoms. The fourth-order valence-corrected chi connectivity index (χ4v) is 6.18. The summed E-state index contributed by atoms with van der Waals surface area (Å²) in [5.41, 5.74) is 0.342. The molecule has 2 atom stereocenters. The number of halogens is 6. The van der Waals surface area contributed by atoms with Gasteiger partial charge in [-0.3, -0.25) is 19.3 Å². The maximum atomic E-state index is 13.8. The SMILES string of the molecule is COc1cc([C@H]2[C@@H](N3C(=O)c4c(Cl)c(Cl)c(Cl)c(Cl)c4C3=O)C(=O)N2c2ccc(Cl)c(Cl)c2)cc(OC)c1OC. The minimum atomic E-state index is -1.32. The van der Waals surface area contributed by atoms with Crippen molar-refractivity contribution in [1.82, 2.24) is 4.90 Å². The van der Waals surface area contributed by atoms with Crippen LogP contribution in [0.2, 0.25) is 30.1 Å². The van der Waals surface area contributed by atoms with E-state index in [2.05, 4.69) is 0 Å². The Morgan fingerprint density at radius 1 is 0.625 bits per heavy atom. The number of carbonyl (C=O) groups excluding carboxylic acids is 3. The van der Waals surface area contributed by atoms with Gasteiger partial charge >= 0.3 is 0 Å². The number of imide groups is 1. The average Bonchev–Trinajstić information content (AvgIpc) is 3.19. The molecule has 3 aromatic rings. The largest absolute Gasteiger partial charge is 0.493 e. The van der Waals surface area contributed by atoms with Crippen LogP contribution in [0.4, 0.5) is 5.69 Å². The second-order valence-electron chi connectivity index (χ2n) is 8.64. The van der Waals surface area contributed by atoms with E-state index in [0.717, 1.165) is 4.90 Å². The Morgan fingerprint density at radius 3 is 1.60 bits per heavy atom. The molecule has 3 aromatic carbocycles. The first-order valence-electron chi connectivity index (χ1n) is 11.3. The quantitative estimate of drug-likeness (QED) is 0.118. The summed E-state index contributed by atoms with van der Waals surface area (Å²) in [7, 11) is 4.31. The first kappa shape index (κ1) is 28.9. The zero-order chi connectivity index (χ0) is 29.2. The molecule has 8 nitrogen and oxygen atoms in total. The van der Waals surface area contributed by atoms with Crippen LogP contribution in [0.5, 0.6) is 17.2 Å². The monoisotopic (exact) mass is 662 g/mol. The van der Waals surface area contributed by atoms with Crippen molar-refractivity contribution >= 4 is 93.0 Å². The van der Waals surface area contributed by atoms with Gasteiger partial charge in [0.1, 0.15) is 6.04 Å². The van der Waals surface area contributed by atoms with Gasteiger partial charge in [0.05, 0.1) is 68.6 Å². The zero-order valence-electron chi connectivity index (χ0n) is 20.7. The van der Waals surface area contributed by atoms with Gasteiger partial charge in [-0.05, 0) is 35.9 Å². The summed E-state index contributed by atoms with van der Waals surface area (Å²) in [4.78, 5) is 43.3. The topological polar surface area (TPSA) is 85.4 Å². The molecule has 0 radical (unpaired) electrons. The van der Waals surface area contributed by atoms with Crippen LogP contribution in [-0.4, -0.2) is 50.0 Å². The smallest absolute Gasteiger partial charge is 0.264 e. The molecular formula is C26H16Cl6N2O6. The Hall–Kier alpha value is -2.59. The van der Waals surface area contributed by atoms with Gasteiger partial charge in [0.2, 0.25) is 5.75 Å². The number of rotatable bonds is 6. The van der Waals surface area contributed by atoms with Crippen molar-refractivity contribution < 1.29 is 28.6 Å². The lowest BCUT2D eigenvalue weighted by molar-refractivity contribution is -0.130. The van der Waals surface area contributed by atoms with E-state index in [1.807, 2.05) is 0 Å². The lowest BCUT2D eigenvalue weighted by atomic mass is 9.86. The van der Waals surface area contributed by atoms with Gasteiger partial charge in [-0.1, -0.05) is 69.6 Å². The van der Waals surface area contributed by atoms with Crippen molar-refractivity contribution in [3.63, 3.8) is 0 Å². The van der Waals surface area contributed by atoms with E-state index < -0.39 is 29.8 Å². The molecule has 2 heterocycles. The fraction of sp³-hybridized carbons (Fsp3) is 0.192. The third-order valence-electron chi connectivity index (χ3n) is 6.69. The number of nitrogens with zero attached hydrogens (tertiary/aromatic N) is 2. The molecule has 0 saturated carbocycles. The lowest BCUT2D eigenvalue weighted by Gasteiger charge is -2.50. The molecule has 0 spiro atoms. The summed E-state index contributed by atoms with van der Waals surface area (Å²) >= 11 is 37.3. The Balaban J connectivity index is 1.70. The molecule has 1 fully saturated rings. The molecule has 0 unspecified atom stereocenters. The van der Waals surface area contributed by atoms with Crippen molar-refractivity contribution in [1.29, 1.82) is 0 Å². The Morgan fingerprint density at radius 2 is 1.15 bits per heavy atom. The number of carbonyl (C=O) groups is 3. The Kier molecular flexibility index (Phi) is 7.72. The molecular weight excluding hydrogens is 649 g/mol. The minimum Gasteiger partial charge on any atom is -0.493 e. The summed E-state index contributed by atoms with van der Waals surface area (Å²) in [6, 6.07) is 5.58. The number of anilines is 1. The predicted molar refractivity (Wildman–Crippen MR) is 154 cm³/mol. The highest BCUT2D eigenvalue weighted by atomic mass is 35.5. The summed E-state index contributed by atoms with van der Waals surface area (Å²) < 4.78 is 16.4. The Labute approximate surface area is 258 Å². The van der Waals surface area contributed by atoms with Gasteiger partial charge in [-0.25, -0.2) is 0 Å². The molecule has 3 amide bonds. The van der Waals surface area contributed by atoms with Crippen molar-refractivity contribution in [2.24, 2.45) is 0 Å². The number of benzene rings is 3. The van der Waals surface area contributed by atoms with Crippen molar-refractivity contribution in [2.45, 2.75) is 12.1 Å². The van der Waals surface area contributed by atoms with E-state index >= 15 is 0 Å². The van der Waals surface area contributed by atoms with E-state index in [4.69, 9.17) is 83.8 Å². The zero-order valence-corrected chi connectivity index (χ0v) is 25.2. The minimum absolute atomic E-state index is 0.186. The fourth-order valence-electron chi connectivity index (χ4n) is 4.87. The van der Waals surface area contributed by atoms with Crippen molar-refractivity contribution in [3.8, 4) is 17.2 Å². The number of hydrogen-bond acceptors (Lipinski definition) is 6. The van der Waals surface area contributed by atoms with Crippen LogP contribution in [-0.2, 0) is 4.79 Å². The average molecular weight is 665 g/mol. The Bertz CT molecular complexity index is 1560. The van der Waals surface area contributed by atoms with Crippen molar-refractivity contribution in [3.05, 3.63) is 77.2 Å². The van der Waals surface area contributed by atoms with Gasteiger partial charge < -0.3 is 19.1 Å². The molecule has 2 aliphatic heterocycles. The van der Waals surface area contributed by atoms with Crippen LogP contribution in [0.25, 0.3) is 0 Å². The second-order valence-corrected chi connectivity index (χ2v) is 11.0. The summed E-state index contributed by atoms with van der Waals surface area (Å²) in [6.07, 6.45) is 0. The first-order chi connectivity index (χ1) is 19.0. The van der Waals surface area contributed by atoms with Crippen molar-refractivity contribution in [2.75, 3.05) is 26.2 Å². The summed E-state index contributed by atoms with van der Waals surface area (Å²) in [5.74, 6) is -1.41. The molecule has 0 aliphatic carbocycles. The van der Waals surface area contributed by atoms with Gasteiger partial charge in [-0.2, -0.15) is 0 Å². The van der Waals surface area contributed by atoms with Crippen LogP contribution >= 0.6 is 69.6 Å². The molecule has 0 N–H and O–H groups in total. The highest BCUT2D eigenvalue weighted by Gasteiger charge is 2.58.